The fourth-order valence-electron chi connectivity index (χ4n) is 2.04. The van der Waals surface area contributed by atoms with Gasteiger partial charge in [-0.05, 0) is 30.5 Å². The van der Waals surface area contributed by atoms with Gasteiger partial charge in [0.15, 0.2) is 0 Å². The molecule has 0 saturated carbocycles. The molecule has 0 fully saturated rings. The van der Waals surface area contributed by atoms with Gasteiger partial charge < -0.3 is 4.90 Å². The van der Waals surface area contributed by atoms with Crippen molar-refractivity contribution < 1.29 is 4.79 Å². The number of rotatable bonds is 5. The summed E-state index contributed by atoms with van der Waals surface area (Å²) in [6.45, 7) is 4.19. The zero-order valence-corrected chi connectivity index (χ0v) is 11.3. The standard InChI is InChI=1S/C15H20N2O/c1-4-14(5-2)17(3)15(18)10-12-6-8-13(11-16)9-7-12/h6-9,14H,4-5,10H2,1-3H3. The number of hydrogen-bond acceptors (Lipinski definition) is 2. The summed E-state index contributed by atoms with van der Waals surface area (Å²) in [7, 11) is 1.86. The fraction of sp³-hybridized carbons (Fsp3) is 0.467. The van der Waals surface area contributed by atoms with E-state index < -0.39 is 0 Å². The first kappa shape index (κ1) is 14.2. The highest BCUT2D eigenvalue weighted by Gasteiger charge is 2.16. The van der Waals surface area contributed by atoms with E-state index in [9.17, 15) is 4.79 Å². The SMILES string of the molecule is CCC(CC)N(C)C(=O)Cc1ccc(C#N)cc1. The minimum absolute atomic E-state index is 0.133. The van der Waals surface area contributed by atoms with E-state index in [1.54, 1.807) is 12.1 Å². The van der Waals surface area contributed by atoms with E-state index in [1.807, 2.05) is 24.1 Å². The van der Waals surface area contributed by atoms with Crippen LogP contribution in [0.5, 0.6) is 0 Å². The molecule has 0 aliphatic heterocycles. The van der Waals surface area contributed by atoms with E-state index in [-0.39, 0.29) is 5.91 Å². The molecule has 18 heavy (non-hydrogen) atoms. The summed E-state index contributed by atoms with van der Waals surface area (Å²) in [6, 6.07) is 9.58. The third-order valence-corrected chi connectivity index (χ3v) is 3.32. The van der Waals surface area contributed by atoms with Gasteiger partial charge in [0.25, 0.3) is 0 Å². The summed E-state index contributed by atoms with van der Waals surface area (Å²) in [5.41, 5.74) is 1.58. The van der Waals surface area contributed by atoms with E-state index >= 15 is 0 Å². The molecule has 96 valence electrons. The van der Waals surface area contributed by atoms with Crippen molar-refractivity contribution in [2.75, 3.05) is 7.05 Å². The maximum atomic E-state index is 12.1. The fourth-order valence-corrected chi connectivity index (χ4v) is 2.04. The highest BCUT2D eigenvalue weighted by molar-refractivity contribution is 5.78. The van der Waals surface area contributed by atoms with Crippen molar-refractivity contribution in [2.24, 2.45) is 0 Å². The van der Waals surface area contributed by atoms with Gasteiger partial charge in [-0.15, -0.1) is 0 Å². The molecule has 0 heterocycles. The Kier molecular flexibility index (Phi) is 5.38. The normalized spacial score (nSPS) is 10.2. The number of amides is 1. The summed E-state index contributed by atoms with van der Waals surface area (Å²) in [4.78, 5) is 13.9. The van der Waals surface area contributed by atoms with Crippen molar-refractivity contribution in [1.82, 2.24) is 4.90 Å². The second kappa shape index (κ2) is 6.80. The first-order valence-corrected chi connectivity index (χ1v) is 6.37. The zero-order chi connectivity index (χ0) is 13.5. The van der Waals surface area contributed by atoms with Crippen molar-refractivity contribution in [3.8, 4) is 6.07 Å². The molecular weight excluding hydrogens is 224 g/mol. The van der Waals surface area contributed by atoms with Crippen LogP contribution in [0.15, 0.2) is 24.3 Å². The molecule has 0 radical (unpaired) electrons. The number of benzene rings is 1. The van der Waals surface area contributed by atoms with Gasteiger partial charge in [-0.25, -0.2) is 0 Å². The molecule has 0 aromatic heterocycles. The molecule has 1 aromatic carbocycles. The van der Waals surface area contributed by atoms with Crippen molar-refractivity contribution in [2.45, 2.75) is 39.2 Å². The molecule has 1 aromatic rings. The largest absolute Gasteiger partial charge is 0.343 e. The Morgan fingerprint density at radius 3 is 2.28 bits per heavy atom. The molecule has 0 aliphatic carbocycles. The smallest absolute Gasteiger partial charge is 0.226 e. The van der Waals surface area contributed by atoms with Gasteiger partial charge in [0.1, 0.15) is 0 Å². The number of hydrogen-bond donors (Lipinski definition) is 0. The predicted octanol–water partition coefficient (Wildman–Crippen LogP) is 2.75. The molecule has 3 nitrogen and oxygen atoms in total. The van der Waals surface area contributed by atoms with Crippen LogP contribution >= 0.6 is 0 Å². The zero-order valence-electron chi connectivity index (χ0n) is 11.3. The molecule has 0 N–H and O–H groups in total. The number of nitrogens with zero attached hydrogens (tertiary/aromatic N) is 2. The highest BCUT2D eigenvalue weighted by atomic mass is 16.2. The molecule has 0 spiro atoms. The lowest BCUT2D eigenvalue weighted by molar-refractivity contribution is -0.131. The molecule has 3 heteroatoms. The van der Waals surface area contributed by atoms with E-state index in [4.69, 9.17) is 5.26 Å². The Bertz CT molecular complexity index is 427. The first-order valence-electron chi connectivity index (χ1n) is 6.37. The maximum Gasteiger partial charge on any atom is 0.226 e. The summed E-state index contributed by atoms with van der Waals surface area (Å²) in [5, 5.41) is 8.71. The lowest BCUT2D eigenvalue weighted by Crippen LogP contribution is -2.37. The number of likely N-dealkylation sites (N-methyl/N-ethyl adjacent to an activating group) is 1. The average Bonchev–Trinajstić information content (AvgIpc) is 2.40. The Morgan fingerprint density at radius 2 is 1.83 bits per heavy atom. The van der Waals surface area contributed by atoms with Gasteiger partial charge in [0, 0.05) is 13.1 Å². The Morgan fingerprint density at radius 1 is 1.28 bits per heavy atom. The minimum Gasteiger partial charge on any atom is -0.343 e. The van der Waals surface area contributed by atoms with Crippen LogP contribution in [0.4, 0.5) is 0 Å². The van der Waals surface area contributed by atoms with Crippen molar-refractivity contribution in [3.63, 3.8) is 0 Å². The van der Waals surface area contributed by atoms with Gasteiger partial charge in [-0.1, -0.05) is 26.0 Å². The molecule has 1 amide bonds. The molecule has 0 bridgehead atoms. The van der Waals surface area contributed by atoms with Crippen LogP contribution in [-0.4, -0.2) is 23.9 Å². The van der Waals surface area contributed by atoms with Crippen molar-refractivity contribution in [1.29, 1.82) is 5.26 Å². The average molecular weight is 244 g/mol. The van der Waals surface area contributed by atoms with E-state index in [0.29, 0.717) is 18.0 Å². The van der Waals surface area contributed by atoms with Crippen LogP contribution < -0.4 is 0 Å². The van der Waals surface area contributed by atoms with Crippen LogP contribution in [0, 0.1) is 11.3 Å². The predicted molar refractivity (Wildman–Crippen MR) is 72.0 cm³/mol. The van der Waals surface area contributed by atoms with Gasteiger partial charge in [-0.2, -0.15) is 5.26 Å². The number of carbonyl (C=O) groups excluding carboxylic acids is 1. The summed E-state index contributed by atoms with van der Waals surface area (Å²) in [6.07, 6.45) is 2.36. The molecule has 0 atom stereocenters. The number of carbonyl (C=O) groups is 1. The second-order valence-electron chi connectivity index (χ2n) is 4.46. The summed E-state index contributed by atoms with van der Waals surface area (Å²) in [5.74, 6) is 0.133. The Labute approximate surface area is 109 Å². The first-order chi connectivity index (χ1) is 8.62. The molecular formula is C15H20N2O. The van der Waals surface area contributed by atoms with Gasteiger partial charge in [0.2, 0.25) is 5.91 Å². The van der Waals surface area contributed by atoms with Crippen LogP contribution in [0.3, 0.4) is 0 Å². The highest BCUT2D eigenvalue weighted by Crippen LogP contribution is 2.10. The molecule has 0 saturated heterocycles. The van der Waals surface area contributed by atoms with E-state index in [2.05, 4.69) is 19.9 Å². The number of nitriles is 1. The van der Waals surface area contributed by atoms with Crippen LogP contribution in [0.25, 0.3) is 0 Å². The van der Waals surface area contributed by atoms with Crippen LogP contribution in [-0.2, 0) is 11.2 Å². The van der Waals surface area contributed by atoms with Gasteiger partial charge in [0.05, 0.1) is 18.1 Å². The third kappa shape index (κ3) is 3.59. The molecule has 1 rings (SSSR count). The Hall–Kier alpha value is -1.82. The second-order valence-corrected chi connectivity index (χ2v) is 4.46. The lowest BCUT2D eigenvalue weighted by Gasteiger charge is -2.26. The summed E-state index contributed by atoms with van der Waals surface area (Å²) >= 11 is 0. The van der Waals surface area contributed by atoms with Crippen LogP contribution in [0.2, 0.25) is 0 Å². The van der Waals surface area contributed by atoms with Crippen molar-refractivity contribution >= 4 is 5.91 Å². The topological polar surface area (TPSA) is 44.1 Å². The quantitative estimate of drug-likeness (QED) is 0.799. The monoisotopic (exact) mass is 244 g/mol. The third-order valence-electron chi connectivity index (χ3n) is 3.32. The maximum absolute atomic E-state index is 12.1. The van der Waals surface area contributed by atoms with Gasteiger partial charge in [-0.3, -0.25) is 4.79 Å². The van der Waals surface area contributed by atoms with Crippen molar-refractivity contribution in [3.05, 3.63) is 35.4 Å². The Balaban J connectivity index is 2.66. The lowest BCUT2D eigenvalue weighted by atomic mass is 10.1. The molecule has 0 aliphatic rings. The van der Waals surface area contributed by atoms with Gasteiger partial charge >= 0.3 is 0 Å². The van der Waals surface area contributed by atoms with E-state index in [0.717, 1.165) is 18.4 Å². The summed E-state index contributed by atoms with van der Waals surface area (Å²) < 4.78 is 0. The molecule has 0 unspecified atom stereocenters. The van der Waals surface area contributed by atoms with E-state index in [1.165, 1.54) is 0 Å². The minimum atomic E-state index is 0.133. The van der Waals surface area contributed by atoms with Crippen LogP contribution in [0.1, 0.15) is 37.8 Å².